The monoisotopic (exact) mass is 375 g/mol. The molecule has 3 aromatic rings. The average Bonchev–Trinajstić information content (AvgIpc) is 3.31. The number of aliphatic hydroxyl groups excluding tert-OH is 1. The lowest BCUT2D eigenvalue weighted by atomic mass is 10.2. The Bertz CT molecular complexity index is 744. The normalized spacial score (nSPS) is 12.6. The van der Waals surface area contributed by atoms with Crippen LogP contribution in [-0.2, 0) is 24.4 Å². The van der Waals surface area contributed by atoms with Gasteiger partial charge in [0.2, 0.25) is 0 Å². The van der Waals surface area contributed by atoms with Gasteiger partial charge < -0.3 is 14.3 Å². The quantitative estimate of drug-likeness (QED) is 0.580. The van der Waals surface area contributed by atoms with Crippen molar-refractivity contribution in [2.45, 2.75) is 25.8 Å². The number of thiophene rings is 1. The van der Waals surface area contributed by atoms with Gasteiger partial charge in [0.05, 0.1) is 19.0 Å². The van der Waals surface area contributed by atoms with Crippen molar-refractivity contribution < 1.29 is 18.7 Å². The van der Waals surface area contributed by atoms with Crippen LogP contribution in [0.1, 0.15) is 16.9 Å². The summed E-state index contributed by atoms with van der Waals surface area (Å²) in [5.74, 6) is 0.489. The maximum absolute atomic E-state index is 13.1. The van der Waals surface area contributed by atoms with Gasteiger partial charge in [-0.05, 0) is 52.2 Å². The number of ether oxygens (including phenoxy) is 1. The molecule has 3 rings (SSSR count). The van der Waals surface area contributed by atoms with Crippen LogP contribution in [0.4, 0.5) is 4.39 Å². The highest BCUT2D eigenvalue weighted by Gasteiger charge is 2.14. The second kappa shape index (κ2) is 9.64. The van der Waals surface area contributed by atoms with Gasteiger partial charge in [-0.15, -0.1) is 0 Å². The molecule has 1 aromatic carbocycles. The maximum atomic E-state index is 13.1. The van der Waals surface area contributed by atoms with Crippen LogP contribution in [-0.4, -0.2) is 29.3 Å². The van der Waals surface area contributed by atoms with Gasteiger partial charge in [0.1, 0.15) is 18.2 Å². The Balaban J connectivity index is 1.54. The van der Waals surface area contributed by atoms with E-state index in [0.29, 0.717) is 19.7 Å². The van der Waals surface area contributed by atoms with Gasteiger partial charge in [-0.2, -0.15) is 11.3 Å². The first-order valence-corrected chi connectivity index (χ1v) is 9.39. The first-order chi connectivity index (χ1) is 12.7. The highest BCUT2D eigenvalue weighted by atomic mass is 32.1. The maximum Gasteiger partial charge on any atom is 0.129 e. The molecule has 0 aliphatic rings. The molecule has 2 aromatic heterocycles. The van der Waals surface area contributed by atoms with Crippen LogP contribution < -0.4 is 0 Å². The molecule has 0 unspecified atom stereocenters. The summed E-state index contributed by atoms with van der Waals surface area (Å²) in [4.78, 5) is 2.14. The van der Waals surface area contributed by atoms with Crippen LogP contribution >= 0.6 is 11.3 Å². The van der Waals surface area contributed by atoms with E-state index >= 15 is 0 Å². The Morgan fingerprint density at radius 1 is 1.12 bits per heavy atom. The summed E-state index contributed by atoms with van der Waals surface area (Å²) in [6.07, 6.45) is 0.976. The largest absolute Gasteiger partial charge is 0.467 e. The lowest BCUT2D eigenvalue weighted by Crippen LogP contribution is -2.34. The second-order valence-electron chi connectivity index (χ2n) is 6.18. The van der Waals surface area contributed by atoms with Crippen LogP contribution in [0.15, 0.2) is 63.9 Å². The van der Waals surface area contributed by atoms with Gasteiger partial charge in [-0.1, -0.05) is 12.1 Å². The number of hydrogen-bond acceptors (Lipinski definition) is 5. The summed E-state index contributed by atoms with van der Waals surface area (Å²) in [7, 11) is 0. The third kappa shape index (κ3) is 6.07. The van der Waals surface area contributed by atoms with Crippen molar-refractivity contribution in [3.63, 3.8) is 0 Å². The van der Waals surface area contributed by atoms with Crippen LogP contribution in [0, 0.1) is 5.82 Å². The van der Waals surface area contributed by atoms with Crippen molar-refractivity contribution in [3.05, 3.63) is 82.2 Å². The van der Waals surface area contributed by atoms with E-state index in [1.54, 1.807) is 35.8 Å². The highest BCUT2D eigenvalue weighted by molar-refractivity contribution is 7.07. The standard InChI is InChI=1S/C20H22FNO3S/c21-18-5-3-16(4-6-18)10-22(11-17-7-9-26-15-17)12-19(23)13-24-14-20-2-1-8-25-20/h1-9,15,19,23H,10-14H2/t19-/m1/s1. The molecule has 26 heavy (non-hydrogen) atoms. The van der Waals surface area contributed by atoms with E-state index in [1.807, 2.05) is 11.4 Å². The third-order valence-corrected chi connectivity index (χ3v) is 4.64. The van der Waals surface area contributed by atoms with Gasteiger partial charge in [-0.25, -0.2) is 4.39 Å². The fourth-order valence-corrected chi connectivity index (χ4v) is 3.37. The molecule has 0 aliphatic carbocycles. The zero-order valence-corrected chi connectivity index (χ0v) is 15.2. The van der Waals surface area contributed by atoms with E-state index < -0.39 is 6.10 Å². The van der Waals surface area contributed by atoms with Gasteiger partial charge >= 0.3 is 0 Å². The number of hydrogen-bond donors (Lipinski definition) is 1. The van der Waals surface area contributed by atoms with Gasteiger partial charge in [0, 0.05) is 19.6 Å². The van der Waals surface area contributed by atoms with E-state index in [1.165, 1.54) is 17.7 Å². The zero-order valence-electron chi connectivity index (χ0n) is 14.4. The number of benzene rings is 1. The van der Waals surface area contributed by atoms with Crippen molar-refractivity contribution >= 4 is 11.3 Å². The molecule has 1 N–H and O–H groups in total. The predicted molar refractivity (Wildman–Crippen MR) is 99.2 cm³/mol. The Morgan fingerprint density at radius 3 is 2.62 bits per heavy atom. The molecule has 4 nitrogen and oxygen atoms in total. The molecule has 0 fully saturated rings. The van der Waals surface area contributed by atoms with E-state index in [2.05, 4.69) is 16.3 Å². The van der Waals surface area contributed by atoms with E-state index in [-0.39, 0.29) is 12.4 Å². The molecule has 0 radical (unpaired) electrons. The van der Waals surface area contributed by atoms with Crippen LogP contribution in [0.2, 0.25) is 0 Å². The van der Waals surface area contributed by atoms with Crippen molar-refractivity contribution in [2.75, 3.05) is 13.2 Å². The summed E-state index contributed by atoms with van der Waals surface area (Å²) >= 11 is 1.65. The number of aliphatic hydroxyl groups is 1. The van der Waals surface area contributed by atoms with E-state index in [4.69, 9.17) is 9.15 Å². The fraction of sp³-hybridized carbons (Fsp3) is 0.300. The molecular formula is C20H22FNO3S. The minimum atomic E-state index is -0.621. The number of halogens is 1. The molecule has 0 saturated carbocycles. The minimum Gasteiger partial charge on any atom is -0.467 e. The van der Waals surface area contributed by atoms with Crippen LogP contribution in [0.5, 0.6) is 0 Å². The molecule has 1 atom stereocenters. The Kier molecular flexibility index (Phi) is 6.96. The average molecular weight is 375 g/mol. The predicted octanol–water partition coefficient (Wildman–Crippen LogP) is 4.06. The molecule has 0 bridgehead atoms. The van der Waals surface area contributed by atoms with Crippen LogP contribution in [0.3, 0.4) is 0 Å². The highest BCUT2D eigenvalue weighted by Crippen LogP contribution is 2.14. The van der Waals surface area contributed by atoms with Crippen LogP contribution in [0.25, 0.3) is 0 Å². The molecule has 0 saturated heterocycles. The van der Waals surface area contributed by atoms with Gasteiger partial charge in [-0.3, -0.25) is 4.90 Å². The lowest BCUT2D eigenvalue weighted by molar-refractivity contribution is 0.00255. The smallest absolute Gasteiger partial charge is 0.129 e. The number of furan rings is 1. The van der Waals surface area contributed by atoms with Crippen molar-refractivity contribution in [3.8, 4) is 0 Å². The van der Waals surface area contributed by atoms with E-state index in [0.717, 1.165) is 17.9 Å². The lowest BCUT2D eigenvalue weighted by Gasteiger charge is -2.25. The fourth-order valence-electron chi connectivity index (χ4n) is 2.71. The molecule has 6 heteroatoms. The number of rotatable bonds is 10. The Morgan fingerprint density at radius 2 is 1.92 bits per heavy atom. The Hall–Kier alpha value is -1.99. The van der Waals surface area contributed by atoms with Gasteiger partial charge in [0.15, 0.2) is 0 Å². The summed E-state index contributed by atoms with van der Waals surface area (Å²) in [5.41, 5.74) is 2.20. The SMILES string of the molecule is O[C@@H](COCc1ccco1)CN(Cc1ccc(F)cc1)Cc1ccsc1. The molecular weight excluding hydrogens is 353 g/mol. The van der Waals surface area contributed by atoms with E-state index in [9.17, 15) is 9.50 Å². The Labute approximate surface area is 156 Å². The molecule has 138 valence electrons. The topological polar surface area (TPSA) is 45.8 Å². The molecule has 0 aliphatic heterocycles. The third-order valence-electron chi connectivity index (χ3n) is 3.91. The van der Waals surface area contributed by atoms with Gasteiger partial charge in [0.25, 0.3) is 0 Å². The summed E-state index contributed by atoms with van der Waals surface area (Å²) in [5, 5.41) is 14.5. The zero-order chi connectivity index (χ0) is 18.2. The first-order valence-electron chi connectivity index (χ1n) is 8.45. The summed E-state index contributed by atoms with van der Waals surface area (Å²) in [6.45, 7) is 2.38. The van der Waals surface area contributed by atoms with Crippen molar-refractivity contribution in [1.29, 1.82) is 0 Å². The first kappa shape index (κ1) is 18.8. The summed E-state index contributed by atoms with van der Waals surface area (Å²) < 4.78 is 23.9. The van der Waals surface area contributed by atoms with Crippen molar-refractivity contribution in [1.82, 2.24) is 4.90 Å². The molecule has 0 spiro atoms. The minimum absolute atomic E-state index is 0.226. The van der Waals surface area contributed by atoms with Crippen molar-refractivity contribution in [2.24, 2.45) is 0 Å². The molecule has 0 amide bonds. The molecule has 2 heterocycles. The second-order valence-corrected chi connectivity index (χ2v) is 6.96. The number of nitrogens with zero attached hydrogens (tertiary/aromatic N) is 1. The summed E-state index contributed by atoms with van der Waals surface area (Å²) in [6, 6.07) is 12.2.